The number of anilines is 1. The van der Waals surface area contributed by atoms with Crippen molar-refractivity contribution in [3.05, 3.63) is 62.1 Å². The van der Waals surface area contributed by atoms with Crippen molar-refractivity contribution in [2.45, 2.75) is 20.0 Å². The number of aryl methyl sites for hydroxylation is 1. The topological polar surface area (TPSA) is 81.5 Å². The minimum absolute atomic E-state index is 0.0391. The number of nitrogens with zero attached hydrogens (tertiary/aromatic N) is 1. The monoisotopic (exact) mass is 368 g/mol. The van der Waals surface area contributed by atoms with E-state index in [9.17, 15) is 14.9 Å². The van der Waals surface area contributed by atoms with Gasteiger partial charge in [-0.25, -0.2) is 0 Å². The van der Waals surface area contributed by atoms with E-state index >= 15 is 0 Å². The largest absolute Gasteiger partial charge is 0.479 e. The van der Waals surface area contributed by atoms with Gasteiger partial charge in [-0.2, -0.15) is 0 Å². The number of benzene rings is 2. The summed E-state index contributed by atoms with van der Waals surface area (Å²) >= 11 is 11.8. The molecule has 2 aromatic rings. The summed E-state index contributed by atoms with van der Waals surface area (Å²) in [5.41, 5.74) is 1.01. The number of ether oxygens (including phenoxy) is 1. The summed E-state index contributed by atoms with van der Waals surface area (Å²) in [7, 11) is 0. The fraction of sp³-hybridized carbons (Fsp3) is 0.188. The van der Waals surface area contributed by atoms with Crippen LogP contribution in [0.1, 0.15) is 12.5 Å². The number of nitro benzene ring substituents is 1. The molecule has 0 aromatic heterocycles. The first-order chi connectivity index (χ1) is 11.3. The molecule has 0 saturated heterocycles. The van der Waals surface area contributed by atoms with Crippen LogP contribution >= 0.6 is 23.2 Å². The van der Waals surface area contributed by atoms with E-state index in [-0.39, 0.29) is 5.69 Å². The van der Waals surface area contributed by atoms with Gasteiger partial charge in [-0.3, -0.25) is 14.9 Å². The molecule has 2 aromatic carbocycles. The number of hydrogen-bond donors (Lipinski definition) is 1. The Morgan fingerprint density at radius 2 is 1.96 bits per heavy atom. The number of halogens is 2. The molecule has 6 nitrogen and oxygen atoms in total. The predicted octanol–water partition coefficient (Wildman–Crippen LogP) is 4.62. The van der Waals surface area contributed by atoms with E-state index in [1.807, 2.05) is 0 Å². The highest BCUT2D eigenvalue weighted by Gasteiger charge is 2.18. The van der Waals surface area contributed by atoms with Gasteiger partial charge < -0.3 is 10.1 Å². The van der Waals surface area contributed by atoms with Gasteiger partial charge in [0.25, 0.3) is 11.6 Å². The van der Waals surface area contributed by atoms with Crippen LogP contribution < -0.4 is 10.1 Å². The predicted molar refractivity (Wildman–Crippen MR) is 93.0 cm³/mol. The molecule has 0 fully saturated rings. The molecule has 0 aliphatic carbocycles. The lowest BCUT2D eigenvalue weighted by Crippen LogP contribution is -2.30. The summed E-state index contributed by atoms with van der Waals surface area (Å²) in [6.07, 6.45) is -0.821. The van der Waals surface area contributed by atoms with Crippen molar-refractivity contribution in [3.8, 4) is 5.75 Å². The number of rotatable bonds is 5. The standard InChI is InChI=1S/C16H14Cl2N2O4/c1-9-7-12(20(22)23)4-5-14(9)19-16(21)10(2)24-15-6-3-11(17)8-13(15)18/h3-8,10H,1-2H3,(H,19,21)/t10-/m0/s1. The maximum absolute atomic E-state index is 12.2. The zero-order valence-electron chi connectivity index (χ0n) is 12.9. The Labute approximate surface area is 148 Å². The Bertz CT molecular complexity index is 796. The number of carbonyl (C=O) groups excluding carboxylic acids is 1. The molecule has 2 rings (SSSR count). The highest BCUT2D eigenvalue weighted by atomic mass is 35.5. The molecular formula is C16H14Cl2N2O4. The quantitative estimate of drug-likeness (QED) is 0.616. The van der Waals surface area contributed by atoms with E-state index in [0.29, 0.717) is 27.0 Å². The van der Waals surface area contributed by atoms with Crippen molar-refractivity contribution in [1.82, 2.24) is 0 Å². The Balaban J connectivity index is 2.07. The smallest absolute Gasteiger partial charge is 0.269 e. The second-order valence-corrected chi connectivity index (χ2v) is 5.92. The molecule has 1 amide bonds. The lowest BCUT2D eigenvalue weighted by Gasteiger charge is -2.16. The zero-order chi connectivity index (χ0) is 17.9. The molecule has 1 N–H and O–H groups in total. The molecule has 0 saturated carbocycles. The van der Waals surface area contributed by atoms with Crippen molar-refractivity contribution in [1.29, 1.82) is 0 Å². The molecule has 0 spiro atoms. The van der Waals surface area contributed by atoms with Crippen molar-refractivity contribution in [2.24, 2.45) is 0 Å². The highest BCUT2D eigenvalue weighted by Crippen LogP contribution is 2.28. The Kier molecular flexibility index (Phi) is 5.64. The van der Waals surface area contributed by atoms with Gasteiger partial charge in [0, 0.05) is 22.8 Å². The average molecular weight is 369 g/mol. The Hall–Kier alpha value is -2.31. The number of hydrogen-bond acceptors (Lipinski definition) is 4. The first-order valence-electron chi connectivity index (χ1n) is 6.95. The van der Waals surface area contributed by atoms with E-state index < -0.39 is 16.9 Å². The minimum Gasteiger partial charge on any atom is -0.479 e. The van der Waals surface area contributed by atoms with Gasteiger partial charge in [0.15, 0.2) is 6.10 Å². The lowest BCUT2D eigenvalue weighted by atomic mass is 10.1. The normalized spacial score (nSPS) is 11.7. The van der Waals surface area contributed by atoms with Crippen LogP contribution in [0.5, 0.6) is 5.75 Å². The van der Waals surface area contributed by atoms with Crippen LogP contribution in [0.25, 0.3) is 0 Å². The van der Waals surface area contributed by atoms with Crippen LogP contribution in [0, 0.1) is 17.0 Å². The SMILES string of the molecule is Cc1cc([N+](=O)[O-])ccc1NC(=O)[C@H](C)Oc1ccc(Cl)cc1Cl. The van der Waals surface area contributed by atoms with Crippen molar-refractivity contribution >= 4 is 40.5 Å². The molecule has 8 heteroatoms. The molecule has 1 atom stereocenters. The van der Waals surface area contributed by atoms with Gasteiger partial charge in [0.2, 0.25) is 0 Å². The van der Waals surface area contributed by atoms with Crippen LogP contribution in [-0.2, 0) is 4.79 Å². The molecular weight excluding hydrogens is 355 g/mol. The summed E-state index contributed by atoms with van der Waals surface area (Å²) < 4.78 is 5.53. The van der Waals surface area contributed by atoms with Crippen LogP contribution in [0.4, 0.5) is 11.4 Å². The first-order valence-corrected chi connectivity index (χ1v) is 7.71. The number of carbonyl (C=O) groups is 1. The Morgan fingerprint density at radius 3 is 2.54 bits per heavy atom. The Morgan fingerprint density at radius 1 is 1.25 bits per heavy atom. The summed E-state index contributed by atoms with van der Waals surface area (Å²) in [6, 6.07) is 8.89. The van der Waals surface area contributed by atoms with Gasteiger partial charge in [-0.05, 0) is 43.7 Å². The van der Waals surface area contributed by atoms with E-state index in [4.69, 9.17) is 27.9 Å². The molecule has 0 radical (unpaired) electrons. The summed E-state index contributed by atoms with van der Waals surface area (Å²) in [5.74, 6) is -0.0675. The van der Waals surface area contributed by atoms with Gasteiger partial charge in [0.05, 0.1) is 9.95 Å². The first kappa shape index (κ1) is 18.0. The van der Waals surface area contributed by atoms with Crippen LogP contribution in [0.15, 0.2) is 36.4 Å². The second-order valence-electron chi connectivity index (χ2n) is 5.08. The maximum Gasteiger partial charge on any atom is 0.269 e. The number of nitro groups is 1. The molecule has 24 heavy (non-hydrogen) atoms. The van der Waals surface area contributed by atoms with Gasteiger partial charge in [0.1, 0.15) is 5.75 Å². The highest BCUT2D eigenvalue weighted by molar-refractivity contribution is 6.35. The van der Waals surface area contributed by atoms with E-state index in [1.165, 1.54) is 24.3 Å². The van der Waals surface area contributed by atoms with E-state index in [0.717, 1.165) is 0 Å². The average Bonchev–Trinajstić information content (AvgIpc) is 2.51. The van der Waals surface area contributed by atoms with Gasteiger partial charge in [-0.1, -0.05) is 23.2 Å². The zero-order valence-corrected chi connectivity index (χ0v) is 14.4. The third-order valence-corrected chi connectivity index (χ3v) is 3.78. The van der Waals surface area contributed by atoms with Gasteiger partial charge >= 0.3 is 0 Å². The summed E-state index contributed by atoms with van der Waals surface area (Å²) in [5, 5.41) is 14.2. The molecule has 0 unspecified atom stereocenters. The van der Waals surface area contributed by atoms with Crippen LogP contribution in [0.3, 0.4) is 0 Å². The van der Waals surface area contributed by atoms with E-state index in [1.54, 1.807) is 26.0 Å². The van der Waals surface area contributed by atoms with E-state index in [2.05, 4.69) is 5.32 Å². The molecule has 0 bridgehead atoms. The fourth-order valence-electron chi connectivity index (χ4n) is 1.95. The molecule has 0 aliphatic rings. The lowest BCUT2D eigenvalue weighted by molar-refractivity contribution is -0.384. The van der Waals surface area contributed by atoms with Gasteiger partial charge in [-0.15, -0.1) is 0 Å². The third-order valence-electron chi connectivity index (χ3n) is 3.25. The third kappa shape index (κ3) is 4.37. The summed E-state index contributed by atoms with van der Waals surface area (Å²) in [4.78, 5) is 22.5. The summed E-state index contributed by atoms with van der Waals surface area (Å²) in [6.45, 7) is 3.24. The maximum atomic E-state index is 12.2. The number of amides is 1. The molecule has 0 heterocycles. The fourth-order valence-corrected chi connectivity index (χ4v) is 2.40. The molecule has 0 aliphatic heterocycles. The van der Waals surface area contributed by atoms with Crippen molar-refractivity contribution in [3.63, 3.8) is 0 Å². The number of non-ortho nitro benzene ring substituents is 1. The van der Waals surface area contributed by atoms with Crippen molar-refractivity contribution < 1.29 is 14.5 Å². The molecule has 126 valence electrons. The van der Waals surface area contributed by atoms with Crippen LogP contribution in [0.2, 0.25) is 10.0 Å². The minimum atomic E-state index is -0.821. The number of nitrogens with one attached hydrogen (secondary N) is 1. The second kappa shape index (κ2) is 7.51. The van der Waals surface area contributed by atoms with Crippen molar-refractivity contribution in [2.75, 3.05) is 5.32 Å². The van der Waals surface area contributed by atoms with Crippen LogP contribution in [-0.4, -0.2) is 16.9 Å².